The van der Waals surface area contributed by atoms with Gasteiger partial charge in [0, 0.05) is 0 Å². The molecule has 126 valence electrons. The van der Waals surface area contributed by atoms with E-state index in [1.165, 1.54) is 24.5 Å². The first-order valence-electron chi connectivity index (χ1n) is 8.08. The summed E-state index contributed by atoms with van der Waals surface area (Å²) in [6.45, 7) is 2.33. The fourth-order valence-electron chi connectivity index (χ4n) is 3.28. The number of halogens is 2. The molecule has 0 saturated heterocycles. The summed E-state index contributed by atoms with van der Waals surface area (Å²) in [5.41, 5.74) is 0. The minimum Gasteiger partial charge on any atom is -0.0748 e. The van der Waals surface area contributed by atoms with Gasteiger partial charge in [0.2, 0.25) is 0 Å². The van der Waals surface area contributed by atoms with E-state index < -0.39 is 7.26 Å². The van der Waals surface area contributed by atoms with Crippen LogP contribution in [-0.2, 0) is 0 Å². The van der Waals surface area contributed by atoms with E-state index in [-0.39, 0.29) is 0 Å². The molecule has 0 nitrogen and oxygen atoms in total. The second-order valence-electron chi connectivity index (χ2n) is 5.46. The summed E-state index contributed by atoms with van der Waals surface area (Å²) >= 11 is 4.55. The molecule has 0 aliphatic rings. The second kappa shape index (κ2) is 10.5. The average Bonchev–Trinajstić information content (AvgIpc) is 2.66. The number of alkyl halides is 2. The zero-order chi connectivity index (χ0) is 17.3. The maximum Gasteiger partial charge on any atom is 0.0516 e. The van der Waals surface area contributed by atoms with E-state index in [1.807, 2.05) is 0 Å². The fourth-order valence-corrected chi connectivity index (χ4v) is 7.79. The van der Waals surface area contributed by atoms with Gasteiger partial charge in [-0.25, -0.2) is 0 Å². The molecule has 0 atom stereocenters. The fraction of sp³-hybridized carbons (Fsp3) is 0.143. The first kappa shape index (κ1) is 19.9. The SMILES string of the molecule is CC[PH](c1ccccc1)(c1ccccc1)c1ccccc1.ICI. The van der Waals surface area contributed by atoms with Crippen LogP contribution in [0, 0.1) is 0 Å². The molecule has 0 aliphatic carbocycles. The predicted octanol–water partition coefficient (Wildman–Crippen LogP) is 5.55. The largest absolute Gasteiger partial charge is 0.0748 e. The minimum atomic E-state index is -1.90. The molecule has 0 unspecified atom stereocenters. The molecule has 0 aromatic heterocycles. The van der Waals surface area contributed by atoms with Crippen LogP contribution in [0.1, 0.15) is 6.92 Å². The van der Waals surface area contributed by atoms with Gasteiger partial charge >= 0.3 is 127 Å². The maximum atomic E-state index is 2.33. The molecule has 0 fully saturated rings. The second-order valence-corrected chi connectivity index (χ2v) is 14.2. The Morgan fingerprint density at radius 3 is 1.04 bits per heavy atom. The molecule has 3 rings (SSSR count). The molecule has 24 heavy (non-hydrogen) atoms. The quantitative estimate of drug-likeness (QED) is 0.223. The van der Waals surface area contributed by atoms with Crippen LogP contribution >= 0.6 is 52.4 Å². The zero-order valence-electron chi connectivity index (χ0n) is 13.8. The molecule has 0 saturated carbocycles. The molecule has 0 bridgehead atoms. The Kier molecular flexibility index (Phi) is 8.71. The Labute approximate surface area is 173 Å². The molecule has 0 heterocycles. The van der Waals surface area contributed by atoms with Gasteiger partial charge in [0.05, 0.1) is 2.43 Å². The van der Waals surface area contributed by atoms with Gasteiger partial charge in [-0.15, -0.1) is 0 Å². The third-order valence-electron chi connectivity index (χ3n) is 4.33. The van der Waals surface area contributed by atoms with Crippen LogP contribution in [0.4, 0.5) is 0 Å². The number of benzene rings is 3. The Morgan fingerprint density at radius 2 is 0.833 bits per heavy atom. The topological polar surface area (TPSA) is 0 Å². The maximum absolute atomic E-state index is 2.33. The minimum absolute atomic E-state index is 1.17. The Balaban J connectivity index is 0.000000647. The normalized spacial score (nSPS) is 11.3. The zero-order valence-corrected chi connectivity index (χ0v) is 19.1. The van der Waals surface area contributed by atoms with E-state index in [4.69, 9.17) is 0 Å². The van der Waals surface area contributed by atoms with Crippen molar-refractivity contribution in [2.24, 2.45) is 0 Å². The summed E-state index contributed by atoms with van der Waals surface area (Å²) in [6, 6.07) is 33.1. The van der Waals surface area contributed by atoms with E-state index in [0.717, 1.165) is 0 Å². The summed E-state index contributed by atoms with van der Waals surface area (Å²) in [5, 5.41) is 4.47. The van der Waals surface area contributed by atoms with Crippen LogP contribution in [0.2, 0.25) is 0 Å². The summed E-state index contributed by atoms with van der Waals surface area (Å²) in [7, 11) is -1.90. The number of rotatable bonds is 4. The van der Waals surface area contributed by atoms with Crippen LogP contribution < -0.4 is 15.9 Å². The van der Waals surface area contributed by atoms with Gasteiger partial charge < -0.3 is 0 Å². The van der Waals surface area contributed by atoms with Crippen molar-refractivity contribution >= 4 is 68.4 Å². The summed E-state index contributed by atoms with van der Waals surface area (Å²) in [5.74, 6) is 0. The van der Waals surface area contributed by atoms with Crippen LogP contribution in [0.5, 0.6) is 0 Å². The Morgan fingerprint density at radius 1 is 0.583 bits per heavy atom. The van der Waals surface area contributed by atoms with Crippen LogP contribution in [-0.4, -0.2) is 8.60 Å². The van der Waals surface area contributed by atoms with Crippen molar-refractivity contribution in [2.45, 2.75) is 6.92 Å². The van der Waals surface area contributed by atoms with Crippen molar-refractivity contribution in [3.8, 4) is 0 Å². The Hall–Kier alpha value is -0.450. The van der Waals surface area contributed by atoms with Crippen molar-refractivity contribution in [2.75, 3.05) is 8.60 Å². The summed E-state index contributed by atoms with van der Waals surface area (Å²) < 4.78 is 1.19. The van der Waals surface area contributed by atoms with E-state index in [2.05, 4.69) is 143 Å². The molecular weight excluding hydrogens is 537 g/mol. The smallest absolute Gasteiger partial charge is 0.0516 e. The standard InChI is InChI=1S/C20H21P.CH2I2/c1-2-21(18-12-6-3-7-13-18,19-14-8-4-9-15-19)20-16-10-5-11-17-20;2-1-3/h3-17,21H,2H2,1H3;1H2. The van der Waals surface area contributed by atoms with Crippen LogP contribution in [0.15, 0.2) is 91.0 Å². The first-order valence-corrected chi connectivity index (χ1v) is 13.3. The average molecular weight is 560 g/mol. The monoisotopic (exact) mass is 560 g/mol. The van der Waals surface area contributed by atoms with Crippen molar-refractivity contribution < 1.29 is 0 Å². The van der Waals surface area contributed by atoms with Gasteiger partial charge in [-0.1, -0.05) is 45.2 Å². The third kappa shape index (κ3) is 4.59. The molecule has 3 heteroatoms. The van der Waals surface area contributed by atoms with Crippen LogP contribution in [0.3, 0.4) is 0 Å². The van der Waals surface area contributed by atoms with Crippen molar-refractivity contribution in [1.29, 1.82) is 0 Å². The molecule has 0 aliphatic heterocycles. The van der Waals surface area contributed by atoms with Gasteiger partial charge in [-0.2, -0.15) is 0 Å². The molecule has 0 spiro atoms. The molecule has 3 aromatic rings. The molecule has 0 radical (unpaired) electrons. The van der Waals surface area contributed by atoms with Crippen molar-refractivity contribution in [3.63, 3.8) is 0 Å². The van der Waals surface area contributed by atoms with Crippen molar-refractivity contribution in [3.05, 3.63) is 91.0 Å². The first-order chi connectivity index (χ1) is 11.8. The Bertz CT molecular complexity index is 603. The van der Waals surface area contributed by atoms with Gasteiger partial charge in [0.1, 0.15) is 0 Å². The molecule has 3 aromatic carbocycles. The van der Waals surface area contributed by atoms with Gasteiger partial charge in [0.25, 0.3) is 0 Å². The van der Waals surface area contributed by atoms with E-state index in [1.54, 1.807) is 0 Å². The van der Waals surface area contributed by atoms with E-state index in [9.17, 15) is 0 Å². The summed E-state index contributed by atoms with van der Waals surface area (Å²) in [4.78, 5) is 0. The number of hydrogen-bond acceptors (Lipinski definition) is 0. The van der Waals surface area contributed by atoms with Gasteiger partial charge in [0.15, 0.2) is 0 Å². The number of hydrogen-bond donors (Lipinski definition) is 0. The molecule has 0 amide bonds. The third-order valence-corrected chi connectivity index (χ3v) is 9.35. The van der Waals surface area contributed by atoms with Crippen LogP contribution in [0.25, 0.3) is 0 Å². The summed E-state index contributed by atoms with van der Waals surface area (Å²) in [6.07, 6.45) is 1.17. The molecular formula is C21H23I2P. The van der Waals surface area contributed by atoms with E-state index in [0.29, 0.717) is 0 Å². The van der Waals surface area contributed by atoms with E-state index >= 15 is 0 Å². The van der Waals surface area contributed by atoms with Gasteiger partial charge in [-0.05, 0) is 0 Å². The van der Waals surface area contributed by atoms with Gasteiger partial charge in [-0.3, -0.25) is 0 Å². The predicted molar refractivity (Wildman–Crippen MR) is 130 cm³/mol. The molecule has 0 N–H and O–H groups in total. The van der Waals surface area contributed by atoms with Crippen molar-refractivity contribution in [1.82, 2.24) is 0 Å².